The fourth-order valence-electron chi connectivity index (χ4n) is 8.91. The second kappa shape index (κ2) is 53.0. The number of hydrogen-bond acceptors (Lipinski definition) is 10. The minimum Gasteiger partial charge on any atom is -0.454 e. The Morgan fingerprint density at radius 2 is 1.00 bits per heavy atom. The lowest BCUT2D eigenvalue weighted by atomic mass is 9.99. The molecule has 1 aliphatic heterocycles. The van der Waals surface area contributed by atoms with Crippen LogP contribution < -0.4 is 5.32 Å². The van der Waals surface area contributed by atoms with Crippen LogP contribution in [-0.2, 0) is 23.8 Å². The zero-order chi connectivity index (χ0) is 56.1. The largest absolute Gasteiger partial charge is 0.454 e. The van der Waals surface area contributed by atoms with Crippen LogP contribution in [0.3, 0.4) is 0 Å². The van der Waals surface area contributed by atoms with Crippen LogP contribution in [0.5, 0.6) is 0 Å². The van der Waals surface area contributed by atoms with Crippen LogP contribution >= 0.6 is 0 Å². The van der Waals surface area contributed by atoms with E-state index >= 15 is 0 Å². The summed E-state index contributed by atoms with van der Waals surface area (Å²) in [6.07, 6.45) is 61.4. The summed E-state index contributed by atoms with van der Waals surface area (Å²) in [5.74, 6) is -1.23. The smallest absolute Gasteiger partial charge is 0.306 e. The molecule has 8 atom stereocenters. The van der Waals surface area contributed by atoms with E-state index in [9.17, 15) is 35.1 Å². The summed E-state index contributed by atoms with van der Waals surface area (Å²) in [6, 6.07) is -1.04. The molecule has 0 saturated carbocycles. The monoisotopic (exact) mass is 1080 g/mol. The Kier molecular flexibility index (Phi) is 49.1. The third-order valence-corrected chi connectivity index (χ3v) is 13.7. The first-order chi connectivity index (χ1) is 37.7. The average Bonchev–Trinajstić information content (AvgIpc) is 3.43. The number of unbranched alkanes of at least 4 members (excludes halogenated alkanes) is 22. The Morgan fingerprint density at radius 1 is 0.532 bits per heavy atom. The van der Waals surface area contributed by atoms with E-state index in [1.807, 2.05) is 30.4 Å². The Hall–Kier alpha value is -3.68. The van der Waals surface area contributed by atoms with Gasteiger partial charge in [-0.25, -0.2) is 0 Å². The van der Waals surface area contributed by atoms with Crippen molar-refractivity contribution in [2.24, 2.45) is 0 Å². The van der Waals surface area contributed by atoms with Crippen LogP contribution in [0.1, 0.15) is 233 Å². The van der Waals surface area contributed by atoms with Gasteiger partial charge in [-0.2, -0.15) is 0 Å². The first kappa shape index (κ1) is 71.3. The molecule has 0 spiro atoms. The summed E-state index contributed by atoms with van der Waals surface area (Å²) < 4.78 is 17.6. The van der Waals surface area contributed by atoms with Crippen LogP contribution in [0, 0.1) is 0 Å². The first-order valence-electron chi connectivity index (χ1n) is 30.7. The molecule has 11 nitrogen and oxygen atoms in total. The highest BCUT2D eigenvalue weighted by Crippen LogP contribution is 2.26. The number of allylic oxidation sites excluding steroid dienone is 17. The minimum atomic E-state index is -1.63. The normalized spacial score (nSPS) is 19.8. The van der Waals surface area contributed by atoms with Crippen molar-refractivity contribution in [3.8, 4) is 0 Å². The summed E-state index contributed by atoms with van der Waals surface area (Å²) in [4.78, 5) is 26.5. The highest BCUT2D eigenvalue weighted by Gasteiger charge is 2.47. The van der Waals surface area contributed by atoms with Crippen LogP contribution in [0.4, 0.5) is 0 Å². The van der Waals surface area contributed by atoms with Gasteiger partial charge in [0, 0.05) is 6.42 Å². The molecule has 0 aromatic rings. The number of nitrogens with one attached hydrogen (secondary N) is 1. The molecule has 0 bridgehead atoms. The van der Waals surface area contributed by atoms with E-state index in [1.54, 1.807) is 6.08 Å². The summed E-state index contributed by atoms with van der Waals surface area (Å²) >= 11 is 0. The van der Waals surface area contributed by atoms with Crippen molar-refractivity contribution >= 4 is 11.9 Å². The number of carbonyl (C=O) groups is 2. The first-order valence-corrected chi connectivity index (χ1v) is 30.7. The molecule has 1 rings (SSSR count). The number of aliphatic hydroxyl groups is 5. The van der Waals surface area contributed by atoms with Crippen molar-refractivity contribution in [2.45, 2.75) is 282 Å². The molecule has 77 heavy (non-hydrogen) atoms. The number of esters is 1. The highest BCUT2D eigenvalue weighted by atomic mass is 16.7. The van der Waals surface area contributed by atoms with Crippen LogP contribution in [-0.4, -0.2) is 99.6 Å². The van der Waals surface area contributed by atoms with Crippen molar-refractivity contribution in [2.75, 3.05) is 13.2 Å². The van der Waals surface area contributed by atoms with E-state index < -0.39 is 67.4 Å². The van der Waals surface area contributed by atoms with Crippen molar-refractivity contribution in [3.05, 3.63) is 109 Å². The van der Waals surface area contributed by atoms with Crippen molar-refractivity contribution in [1.29, 1.82) is 0 Å². The number of aliphatic hydroxyl groups excluding tert-OH is 5. The van der Waals surface area contributed by atoms with Gasteiger partial charge in [-0.15, -0.1) is 0 Å². The topological polar surface area (TPSA) is 175 Å². The summed E-state index contributed by atoms with van der Waals surface area (Å²) in [6.45, 7) is 5.50. The molecule has 1 amide bonds. The molecule has 440 valence electrons. The minimum absolute atomic E-state index is 0.107. The fraction of sp³-hybridized carbons (Fsp3) is 0.697. The zero-order valence-corrected chi connectivity index (χ0v) is 48.5. The number of carbonyl (C=O) groups excluding carboxylic acids is 2. The molecule has 1 heterocycles. The Bertz CT molecular complexity index is 1660. The highest BCUT2D eigenvalue weighted by molar-refractivity contribution is 5.80. The molecule has 8 unspecified atom stereocenters. The Morgan fingerprint density at radius 3 is 1.55 bits per heavy atom. The quantitative estimate of drug-likeness (QED) is 0.0149. The van der Waals surface area contributed by atoms with Crippen LogP contribution in [0.2, 0.25) is 0 Å². The van der Waals surface area contributed by atoms with Gasteiger partial charge in [0.15, 0.2) is 12.4 Å². The summed E-state index contributed by atoms with van der Waals surface area (Å²) in [5, 5.41) is 56.8. The average molecular weight is 1080 g/mol. The molecule has 0 radical (unpaired) electrons. The fourth-order valence-corrected chi connectivity index (χ4v) is 8.91. The lowest BCUT2D eigenvalue weighted by Crippen LogP contribution is -2.61. The number of hydrogen-bond donors (Lipinski definition) is 6. The third kappa shape index (κ3) is 41.1. The SMILES string of the molecule is CC/C=C\C/C=C\C/C=C\C/C=C\C/C=C\CCCCCCCCCCCC(=O)OC1C(OCC(NC(=O)C(O)CCCCCC\C=C/C=C/C=C/CC)C(O)/C=C/CCCCCCCCCCC)OC(CO)C(O)C1O. The van der Waals surface area contributed by atoms with E-state index in [2.05, 4.69) is 99.0 Å². The molecule has 0 aliphatic carbocycles. The summed E-state index contributed by atoms with van der Waals surface area (Å²) in [7, 11) is 0. The van der Waals surface area contributed by atoms with Gasteiger partial charge in [-0.3, -0.25) is 9.59 Å². The van der Waals surface area contributed by atoms with Gasteiger partial charge in [0.25, 0.3) is 0 Å². The Labute approximate surface area is 468 Å². The maximum Gasteiger partial charge on any atom is 0.306 e. The summed E-state index contributed by atoms with van der Waals surface area (Å²) in [5.41, 5.74) is 0. The maximum atomic E-state index is 13.4. The second-order valence-corrected chi connectivity index (χ2v) is 20.7. The van der Waals surface area contributed by atoms with Gasteiger partial charge in [-0.1, -0.05) is 246 Å². The molecule has 1 saturated heterocycles. The third-order valence-electron chi connectivity index (χ3n) is 13.7. The Balaban J connectivity index is 2.61. The predicted molar refractivity (Wildman–Crippen MR) is 319 cm³/mol. The van der Waals surface area contributed by atoms with Crippen molar-refractivity contribution in [1.82, 2.24) is 5.32 Å². The van der Waals surface area contributed by atoms with Crippen LogP contribution in [0.25, 0.3) is 0 Å². The van der Waals surface area contributed by atoms with E-state index in [0.29, 0.717) is 12.8 Å². The van der Waals surface area contributed by atoms with Gasteiger partial charge in [0.2, 0.25) is 5.91 Å². The predicted octanol–water partition coefficient (Wildman–Crippen LogP) is 14.5. The van der Waals surface area contributed by atoms with E-state index in [4.69, 9.17) is 14.2 Å². The number of amides is 1. The molecule has 0 aromatic carbocycles. The van der Waals surface area contributed by atoms with Crippen LogP contribution in [0.15, 0.2) is 109 Å². The van der Waals surface area contributed by atoms with Gasteiger partial charge in [-0.05, 0) is 89.9 Å². The zero-order valence-electron chi connectivity index (χ0n) is 48.5. The number of rotatable bonds is 50. The van der Waals surface area contributed by atoms with E-state index in [0.717, 1.165) is 122 Å². The van der Waals surface area contributed by atoms with Gasteiger partial charge >= 0.3 is 5.97 Å². The van der Waals surface area contributed by atoms with Gasteiger partial charge in [0.05, 0.1) is 25.4 Å². The maximum absolute atomic E-state index is 13.4. The molecule has 11 heteroatoms. The van der Waals surface area contributed by atoms with Gasteiger partial charge < -0.3 is 45.1 Å². The molecule has 6 N–H and O–H groups in total. The van der Waals surface area contributed by atoms with E-state index in [-0.39, 0.29) is 19.4 Å². The molecule has 0 aromatic heterocycles. The molecular weight excluding hydrogens is 967 g/mol. The van der Waals surface area contributed by atoms with Crippen molar-refractivity contribution in [3.63, 3.8) is 0 Å². The van der Waals surface area contributed by atoms with E-state index in [1.165, 1.54) is 64.2 Å². The standard InChI is InChI=1S/C66H111NO10/c1-4-7-10-13-16-19-22-24-25-26-27-28-29-30-31-32-33-34-35-36-39-42-45-48-51-54-61(71)77-64-63(73)62(72)60(55-68)76-66(64)75-56-57(58(69)52-49-46-43-40-37-21-18-15-12-9-6-3)67-65(74)59(70)53-50-47-44-41-38-23-20-17-14-11-8-5-2/h7-8,10-11,14,16-17,19-20,23-25,27-28,30-31,49,52,57-60,62-64,66,68-70,72-73H,4-6,9,12-13,15,18,21-22,26,29,32-48,50-51,53-56H2,1-3H3,(H,67,74)/b10-7-,11-8+,17-14+,19-16-,23-20-,25-24-,28-27-,31-30-,52-49+. The second-order valence-electron chi connectivity index (χ2n) is 20.7. The molecule has 1 aliphatic rings. The molecular formula is C66H111NO10. The van der Waals surface area contributed by atoms with Gasteiger partial charge in [0.1, 0.15) is 24.4 Å². The lowest BCUT2D eigenvalue weighted by molar-refractivity contribution is -0.305. The number of ether oxygens (including phenoxy) is 3. The van der Waals surface area contributed by atoms with Crippen molar-refractivity contribution < 1.29 is 49.3 Å². The molecule has 1 fully saturated rings. The lowest BCUT2D eigenvalue weighted by Gasteiger charge is -2.41.